The summed E-state index contributed by atoms with van der Waals surface area (Å²) in [5, 5.41) is 0. The third kappa shape index (κ3) is 39.1. The fourth-order valence-electron chi connectivity index (χ4n) is 0.364. The van der Waals surface area contributed by atoms with Crippen LogP contribution in [0.1, 0.15) is 55.4 Å². The van der Waals surface area contributed by atoms with Gasteiger partial charge in [-0.15, -0.1) is 0 Å². The Morgan fingerprint density at radius 3 is 1.57 bits per heavy atom. The molecule has 0 aliphatic rings. The van der Waals surface area contributed by atoms with Gasteiger partial charge in [-0.3, -0.25) is 4.99 Å². The molecule has 0 N–H and O–H groups in total. The van der Waals surface area contributed by atoms with Crippen LogP contribution in [0, 0.1) is 5.92 Å². The SMILES string of the molecule is CC.CC.CC(C)=CN=CC(C)C.[Y]. The molecule has 0 rings (SSSR count). The van der Waals surface area contributed by atoms with E-state index in [4.69, 9.17) is 0 Å². The molecule has 0 saturated heterocycles. The van der Waals surface area contributed by atoms with Crippen LogP contribution in [0.4, 0.5) is 0 Å². The average molecular weight is 274 g/mol. The minimum atomic E-state index is 0. The van der Waals surface area contributed by atoms with E-state index >= 15 is 0 Å². The molecule has 1 nitrogen and oxygen atoms in total. The van der Waals surface area contributed by atoms with Crippen molar-refractivity contribution in [3.8, 4) is 0 Å². The van der Waals surface area contributed by atoms with E-state index in [0.717, 1.165) is 0 Å². The first kappa shape index (κ1) is 24.0. The fourth-order valence-corrected chi connectivity index (χ4v) is 0.364. The van der Waals surface area contributed by atoms with E-state index in [-0.39, 0.29) is 32.7 Å². The molecule has 1 radical (unpaired) electrons. The molecule has 0 atom stereocenters. The van der Waals surface area contributed by atoms with Gasteiger partial charge in [0.25, 0.3) is 0 Å². The molecule has 0 unspecified atom stereocenters. The molecule has 0 saturated carbocycles. The van der Waals surface area contributed by atoms with Gasteiger partial charge in [0.2, 0.25) is 0 Å². The van der Waals surface area contributed by atoms with Crippen molar-refractivity contribution in [3.05, 3.63) is 11.8 Å². The van der Waals surface area contributed by atoms with Crippen LogP contribution in [-0.4, -0.2) is 6.21 Å². The van der Waals surface area contributed by atoms with Gasteiger partial charge in [0, 0.05) is 45.1 Å². The Labute approximate surface area is 116 Å². The van der Waals surface area contributed by atoms with Crippen molar-refractivity contribution in [2.45, 2.75) is 55.4 Å². The van der Waals surface area contributed by atoms with Crippen LogP contribution in [0.3, 0.4) is 0 Å². The predicted octanol–water partition coefficient (Wildman–Crippen LogP) is 4.69. The Balaban J connectivity index is -0.0000000883. The van der Waals surface area contributed by atoms with Crippen molar-refractivity contribution < 1.29 is 32.7 Å². The standard InChI is InChI=1S/C8H15N.2C2H6.Y/c1-7(2)5-9-6-8(3)4;2*1-2;/h5-7H,1-4H3;2*1-2H3;. The quantitative estimate of drug-likeness (QED) is 0.648. The van der Waals surface area contributed by atoms with Gasteiger partial charge in [-0.2, -0.15) is 0 Å². The number of hydrogen-bond donors (Lipinski definition) is 0. The second-order valence-corrected chi connectivity index (χ2v) is 2.75. The zero-order valence-corrected chi connectivity index (χ0v) is 14.1. The summed E-state index contributed by atoms with van der Waals surface area (Å²) < 4.78 is 0. The summed E-state index contributed by atoms with van der Waals surface area (Å²) in [4.78, 5) is 4.08. The molecule has 0 heterocycles. The zero-order chi connectivity index (χ0) is 11.3. The maximum absolute atomic E-state index is 4.08. The van der Waals surface area contributed by atoms with Crippen LogP contribution in [-0.2, 0) is 32.7 Å². The topological polar surface area (TPSA) is 12.4 Å². The molecule has 0 aromatic heterocycles. The molecule has 0 aromatic carbocycles. The maximum atomic E-state index is 4.08. The molecule has 0 aromatic rings. The average Bonchev–Trinajstić information content (AvgIpc) is 2.10. The van der Waals surface area contributed by atoms with Crippen molar-refractivity contribution in [1.82, 2.24) is 0 Å². The Kier molecular flexibility index (Phi) is 40.0. The number of hydrogen-bond acceptors (Lipinski definition) is 1. The summed E-state index contributed by atoms with van der Waals surface area (Å²) in [5.41, 5.74) is 1.24. The molecule has 0 spiro atoms. The maximum Gasteiger partial charge on any atom is 0.0250 e. The van der Waals surface area contributed by atoms with Gasteiger partial charge in [-0.05, 0) is 19.8 Å². The van der Waals surface area contributed by atoms with Crippen LogP contribution in [0.15, 0.2) is 16.8 Å². The fraction of sp³-hybridized carbons (Fsp3) is 0.750. The van der Waals surface area contributed by atoms with Crippen LogP contribution in [0.25, 0.3) is 0 Å². The van der Waals surface area contributed by atoms with Crippen molar-refractivity contribution in [2.75, 3.05) is 0 Å². The number of nitrogens with zero attached hydrogens (tertiary/aromatic N) is 1. The van der Waals surface area contributed by atoms with Gasteiger partial charge in [0.15, 0.2) is 0 Å². The van der Waals surface area contributed by atoms with E-state index in [1.54, 1.807) is 0 Å². The molecule has 0 fully saturated rings. The molecule has 0 aliphatic heterocycles. The summed E-state index contributed by atoms with van der Waals surface area (Å²) in [6.45, 7) is 16.3. The molecular weight excluding hydrogens is 247 g/mol. The first-order valence-electron chi connectivity index (χ1n) is 5.29. The van der Waals surface area contributed by atoms with E-state index in [1.165, 1.54) is 5.57 Å². The summed E-state index contributed by atoms with van der Waals surface area (Å²) in [6, 6.07) is 0. The number of rotatable bonds is 2. The molecule has 83 valence electrons. The van der Waals surface area contributed by atoms with E-state index in [9.17, 15) is 0 Å². The third-order valence-corrected chi connectivity index (χ3v) is 0.717. The molecular formula is C12H27NY. The number of allylic oxidation sites excluding steroid dienone is 1. The van der Waals surface area contributed by atoms with Gasteiger partial charge in [-0.25, -0.2) is 0 Å². The van der Waals surface area contributed by atoms with Crippen molar-refractivity contribution in [1.29, 1.82) is 0 Å². The Morgan fingerprint density at radius 2 is 1.36 bits per heavy atom. The van der Waals surface area contributed by atoms with E-state index in [0.29, 0.717) is 5.92 Å². The predicted molar refractivity (Wildman–Crippen MR) is 65.5 cm³/mol. The molecule has 2 heteroatoms. The van der Waals surface area contributed by atoms with Crippen molar-refractivity contribution in [3.63, 3.8) is 0 Å². The minimum absolute atomic E-state index is 0. The number of aliphatic imine (C=N–C) groups is 1. The molecule has 14 heavy (non-hydrogen) atoms. The van der Waals surface area contributed by atoms with Crippen LogP contribution < -0.4 is 0 Å². The smallest absolute Gasteiger partial charge is 0.0250 e. The summed E-state index contributed by atoms with van der Waals surface area (Å²) in [6.07, 6.45) is 3.81. The Morgan fingerprint density at radius 1 is 1.00 bits per heavy atom. The van der Waals surface area contributed by atoms with E-state index in [1.807, 2.05) is 54.0 Å². The van der Waals surface area contributed by atoms with Crippen molar-refractivity contribution in [2.24, 2.45) is 10.9 Å². The van der Waals surface area contributed by atoms with Crippen molar-refractivity contribution >= 4 is 6.21 Å². The second kappa shape index (κ2) is 23.4. The van der Waals surface area contributed by atoms with Gasteiger partial charge < -0.3 is 0 Å². The normalized spacial score (nSPS) is 7.79. The largest absolute Gasteiger partial charge is 0.269 e. The third-order valence-electron chi connectivity index (χ3n) is 0.717. The second-order valence-electron chi connectivity index (χ2n) is 2.75. The minimum Gasteiger partial charge on any atom is -0.269 e. The van der Waals surface area contributed by atoms with Gasteiger partial charge in [0.05, 0.1) is 0 Å². The van der Waals surface area contributed by atoms with Crippen LogP contribution in [0.2, 0.25) is 0 Å². The molecule has 0 bridgehead atoms. The first-order chi connectivity index (χ1) is 6.13. The summed E-state index contributed by atoms with van der Waals surface area (Å²) in [5.74, 6) is 0.556. The van der Waals surface area contributed by atoms with Crippen LogP contribution >= 0.6 is 0 Å². The summed E-state index contributed by atoms with van der Waals surface area (Å²) in [7, 11) is 0. The van der Waals surface area contributed by atoms with Gasteiger partial charge >= 0.3 is 0 Å². The Bertz CT molecular complexity index is 122. The monoisotopic (exact) mass is 274 g/mol. The van der Waals surface area contributed by atoms with Gasteiger partial charge in [-0.1, -0.05) is 47.1 Å². The van der Waals surface area contributed by atoms with E-state index < -0.39 is 0 Å². The zero-order valence-electron chi connectivity index (χ0n) is 11.3. The van der Waals surface area contributed by atoms with E-state index in [2.05, 4.69) is 18.8 Å². The first-order valence-corrected chi connectivity index (χ1v) is 5.29. The van der Waals surface area contributed by atoms with Crippen LogP contribution in [0.5, 0.6) is 0 Å². The Hall–Kier alpha value is 0.514. The molecule has 0 amide bonds. The summed E-state index contributed by atoms with van der Waals surface area (Å²) >= 11 is 0. The molecule has 0 aliphatic carbocycles. The van der Waals surface area contributed by atoms with Gasteiger partial charge in [0.1, 0.15) is 0 Å².